The fourth-order valence-corrected chi connectivity index (χ4v) is 2.24. The monoisotopic (exact) mass is 270 g/mol. The van der Waals surface area contributed by atoms with E-state index >= 15 is 0 Å². The van der Waals surface area contributed by atoms with E-state index in [0.29, 0.717) is 11.8 Å². The zero-order valence-electron chi connectivity index (χ0n) is 14.7. The van der Waals surface area contributed by atoms with Gasteiger partial charge in [-0.05, 0) is 31.1 Å². The van der Waals surface area contributed by atoms with Gasteiger partial charge < -0.3 is 5.11 Å². The van der Waals surface area contributed by atoms with E-state index in [9.17, 15) is 5.11 Å². The van der Waals surface area contributed by atoms with Crippen molar-refractivity contribution in [2.45, 2.75) is 93.6 Å². The van der Waals surface area contributed by atoms with Crippen LogP contribution >= 0.6 is 0 Å². The first-order chi connectivity index (χ1) is 8.85. The Morgan fingerprint density at radius 2 is 1.26 bits per heavy atom. The molecular weight excluding hydrogens is 232 g/mol. The van der Waals surface area contributed by atoms with E-state index < -0.39 is 0 Å². The van der Waals surface area contributed by atoms with Gasteiger partial charge in [0, 0.05) is 0 Å². The van der Waals surface area contributed by atoms with Crippen molar-refractivity contribution in [3.63, 3.8) is 0 Å². The maximum Gasteiger partial charge on any atom is 0.0580 e. The predicted molar refractivity (Wildman–Crippen MR) is 88.5 cm³/mol. The number of aliphatic hydroxyl groups is 1. The SMILES string of the molecule is CC(C)C1=C(C(C)C)CC(O)CC1.CCC.CCC. The average Bonchev–Trinajstić information content (AvgIpc) is 2.30. The Bertz CT molecular complexity index is 224. The second-order valence-electron chi connectivity index (χ2n) is 6.17. The summed E-state index contributed by atoms with van der Waals surface area (Å²) in [4.78, 5) is 0. The van der Waals surface area contributed by atoms with Gasteiger partial charge in [0.05, 0.1) is 6.10 Å². The molecule has 1 rings (SSSR count). The summed E-state index contributed by atoms with van der Waals surface area (Å²) in [6.45, 7) is 17.5. The molecule has 0 aliphatic heterocycles. The Hall–Kier alpha value is -0.300. The van der Waals surface area contributed by atoms with Crippen molar-refractivity contribution in [3.05, 3.63) is 11.1 Å². The minimum atomic E-state index is -0.0834. The normalized spacial score (nSPS) is 18.8. The summed E-state index contributed by atoms with van der Waals surface area (Å²) < 4.78 is 0. The van der Waals surface area contributed by atoms with Crippen LogP contribution in [0.1, 0.15) is 87.5 Å². The highest BCUT2D eigenvalue weighted by molar-refractivity contribution is 5.21. The highest BCUT2D eigenvalue weighted by Crippen LogP contribution is 2.33. The van der Waals surface area contributed by atoms with Gasteiger partial charge in [0.25, 0.3) is 0 Å². The first-order valence-electron chi connectivity index (χ1n) is 8.25. The van der Waals surface area contributed by atoms with Gasteiger partial charge in [0.1, 0.15) is 0 Å². The molecule has 19 heavy (non-hydrogen) atoms. The van der Waals surface area contributed by atoms with Crippen LogP contribution in [0.5, 0.6) is 0 Å². The molecule has 1 atom stereocenters. The topological polar surface area (TPSA) is 20.2 Å². The second-order valence-corrected chi connectivity index (χ2v) is 6.17. The minimum absolute atomic E-state index is 0.0834. The smallest absolute Gasteiger partial charge is 0.0580 e. The van der Waals surface area contributed by atoms with Crippen molar-refractivity contribution in [2.75, 3.05) is 0 Å². The number of aliphatic hydroxyl groups excluding tert-OH is 1. The van der Waals surface area contributed by atoms with Crippen LogP contribution in [0.2, 0.25) is 0 Å². The second kappa shape index (κ2) is 12.7. The van der Waals surface area contributed by atoms with Crippen LogP contribution in [0, 0.1) is 11.8 Å². The van der Waals surface area contributed by atoms with Gasteiger partial charge >= 0.3 is 0 Å². The van der Waals surface area contributed by atoms with Crippen molar-refractivity contribution in [2.24, 2.45) is 11.8 Å². The van der Waals surface area contributed by atoms with Crippen LogP contribution in [0.25, 0.3) is 0 Å². The lowest BCUT2D eigenvalue weighted by Crippen LogP contribution is -2.19. The zero-order chi connectivity index (χ0) is 15.4. The van der Waals surface area contributed by atoms with Crippen molar-refractivity contribution in [1.29, 1.82) is 0 Å². The van der Waals surface area contributed by atoms with Crippen molar-refractivity contribution < 1.29 is 5.11 Å². The maximum absolute atomic E-state index is 9.59. The van der Waals surface area contributed by atoms with Crippen molar-refractivity contribution in [1.82, 2.24) is 0 Å². The summed E-state index contributed by atoms with van der Waals surface area (Å²) in [5, 5.41) is 9.59. The molecule has 1 unspecified atom stereocenters. The third-order valence-corrected chi connectivity index (χ3v) is 3.01. The molecule has 1 nitrogen and oxygen atoms in total. The Balaban J connectivity index is 0. The summed E-state index contributed by atoms with van der Waals surface area (Å²) in [5.74, 6) is 1.26. The molecule has 0 aromatic rings. The summed E-state index contributed by atoms with van der Waals surface area (Å²) in [7, 11) is 0. The van der Waals surface area contributed by atoms with Crippen LogP contribution in [0.4, 0.5) is 0 Å². The summed E-state index contributed by atoms with van der Waals surface area (Å²) >= 11 is 0. The molecule has 1 aliphatic carbocycles. The lowest BCUT2D eigenvalue weighted by atomic mass is 9.80. The third-order valence-electron chi connectivity index (χ3n) is 3.01. The highest BCUT2D eigenvalue weighted by Gasteiger charge is 2.22. The summed E-state index contributed by atoms with van der Waals surface area (Å²) in [6.07, 6.45) is 5.39. The highest BCUT2D eigenvalue weighted by atomic mass is 16.3. The molecule has 1 heteroatoms. The quantitative estimate of drug-likeness (QED) is 0.613. The summed E-state index contributed by atoms with van der Waals surface area (Å²) in [6, 6.07) is 0. The number of allylic oxidation sites excluding steroid dienone is 1. The van der Waals surface area contributed by atoms with Crippen LogP contribution in [-0.2, 0) is 0 Å². The number of rotatable bonds is 2. The van der Waals surface area contributed by atoms with Gasteiger partial charge in [-0.1, -0.05) is 79.4 Å². The molecule has 1 aliphatic rings. The van der Waals surface area contributed by atoms with Gasteiger partial charge in [-0.15, -0.1) is 0 Å². The fraction of sp³-hybridized carbons (Fsp3) is 0.889. The van der Waals surface area contributed by atoms with E-state index in [1.807, 2.05) is 0 Å². The van der Waals surface area contributed by atoms with E-state index in [2.05, 4.69) is 55.4 Å². The van der Waals surface area contributed by atoms with Crippen LogP contribution < -0.4 is 0 Å². The molecule has 0 aromatic heterocycles. The molecule has 1 N–H and O–H groups in total. The average molecular weight is 271 g/mol. The van der Waals surface area contributed by atoms with Crippen LogP contribution in [0.15, 0.2) is 11.1 Å². The van der Waals surface area contributed by atoms with Gasteiger partial charge in [-0.25, -0.2) is 0 Å². The zero-order valence-corrected chi connectivity index (χ0v) is 14.7. The molecule has 0 saturated carbocycles. The van der Waals surface area contributed by atoms with E-state index in [1.54, 1.807) is 5.57 Å². The summed E-state index contributed by atoms with van der Waals surface area (Å²) in [5.41, 5.74) is 3.11. The number of hydrogen-bond donors (Lipinski definition) is 1. The molecule has 0 bridgehead atoms. The van der Waals surface area contributed by atoms with E-state index in [1.165, 1.54) is 18.4 Å². The lowest BCUT2D eigenvalue weighted by Gasteiger charge is -2.28. The van der Waals surface area contributed by atoms with Gasteiger partial charge in [0.2, 0.25) is 0 Å². The Labute approximate surface area is 122 Å². The molecule has 0 amide bonds. The molecule has 0 fully saturated rings. The van der Waals surface area contributed by atoms with E-state index in [-0.39, 0.29) is 6.10 Å². The molecule has 0 saturated heterocycles. The molecule has 0 heterocycles. The minimum Gasteiger partial charge on any atom is -0.393 e. The van der Waals surface area contributed by atoms with Crippen LogP contribution in [-0.4, -0.2) is 11.2 Å². The fourth-order valence-electron chi connectivity index (χ4n) is 2.24. The Morgan fingerprint density at radius 3 is 1.58 bits per heavy atom. The molecule has 116 valence electrons. The first-order valence-corrected chi connectivity index (χ1v) is 8.25. The molecule has 0 aromatic carbocycles. The van der Waals surface area contributed by atoms with E-state index in [4.69, 9.17) is 0 Å². The standard InChI is InChI=1S/C12H22O.2C3H8/c1-8(2)11-6-5-10(13)7-12(11)9(3)4;2*1-3-2/h8-10,13H,5-7H2,1-4H3;2*3H2,1-2H3. The van der Waals surface area contributed by atoms with Gasteiger partial charge in [-0.3, -0.25) is 0 Å². The Morgan fingerprint density at radius 1 is 0.895 bits per heavy atom. The van der Waals surface area contributed by atoms with Crippen LogP contribution in [0.3, 0.4) is 0 Å². The largest absolute Gasteiger partial charge is 0.393 e. The van der Waals surface area contributed by atoms with E-state index in [0.717, 1.165) is 19.3 Å². The maximum atomic E-state index is 9.59. The third kappa shape index (κ3) is 10.2. The Kier molecular flexibility index (Phi) is 14.1. The predicted octanol–water partition coefficient (Wildman–Crippen LogP) is 5.97. The van der Waals surface area contributed by atoms with Crippen molar-refractivity contribution >= 4 is 0 Å². The lowest BCUT2D eigenvalue weighted by molar-refractivity contribution is 0.153. The first kappa shape index (κ1) is 21.0. The number of hydrogen-bond acceptors (Lipinski definition) is 1. The molecule has 0 spiro atoms. The van der Waals surface area contributed by atoms with Crippen molar-refractivity contribution in [3.8, 4) is 0 Å². The molecular formula is C18H38O. The van der Waals surface area contributed by atoms with Gasteiger partial charge in [0.15, 0.2) is 0 Å². The van der Waals surface area contributed by atoms with Gasteiger partial charge in [-0.2, -0.15) is 0 Å². The molecule has 0 radical (unpaired) electrons.